The van der Waals surface area contributed by atoms with Gasteiger partial charge in [-0.15, -0.1) is 0 Å². The molecule has 0 saturated carbocycles. The summed E-state index contributed by atoms with van der Waals surface area (Å²) in [6.07, 6.45) is 4.08. The van der Waals surface area contributed by atoms with Gasteiger partial charge in [-0.3, -0.25) is 9.69 Å². The molecule has 1 aromatic rings. The van der Waals surface area contributed by atoms with Crippen molar-refractivity contribution in [3.8, 4) is 5.75 Å². The number of ether oxygens (including phenoxy) is 1. The summed E-state index contributed by atoms with van der Waals surface area (Å²) in [5.74, 6) is 0.963. The molecule has 1 unspecified atom stereocenters. The number of rotatable bonds is 8. The minimum absolute atomic E-state index is 0.161. The van der Waals surface area contributed by atoms with Crippen molar-refractivity contribution in [2.24, 2.45) is 0 Å². The smallest absolute Gasteiger partial charge is 0.176 e. The van der Waals surface area contributed by atoms with Gasteiger partial charge in [-0.1, -0.05) is 0 Å². The highest BCUT2D eigenvalue weighted by molar-refractivity contribution is 5.97. The van der Waals surface area contributed by atoms with E-state index >= 15 is 0 Å². The number of hydrogen-bond donors (Lipinski definition) is 1. The number of ketones is 1. The van der Waals surface area contributed by atoms with Crippen molar-refractivity contribution in [3.63, 3.8) is 0 Å². The molecule has 1 fully saturated rings. The van der Waals surface area contributed by atoms with Gasteiger partial charge in [0.2, 0.25) is 0 Å². The fraction of sp³-hybridized carbons (Fsp3) is 0.588. The van der Waals surface area contributed by atoms with E-state index in [2.05, 4.69) is 4.90 Å². The van der Waals surface area contributed by atoms with Gasteiger partial charge in [0, 0.05) is 18.2 Å². The van der Waals surface area contributed by atoms with Gasteiger partial charge in [-0.25, -0.2) is 0 Å². The van der Waals surface area contributed by atoms with Crippen LogP contribution in [-0.4, -0.2) is 48.1 Å². The summed E-state index contributed by atoms with van der Waals surface area (Å²) >= 11 is 0. The average molecular weight is 291 g/mol. The summed E-state index contributed by atoms with van der Waals surface area (Å²) in [7, 11) is 0. The molecule has 0 aliphatic carbocycles. The maximum absolute atomic E-state index is 12.4. The second kappa shape index (κ2) is 8.15. The highest BCUT2D eigenvalue weighted by Crippen LogP contribution is 2.22. The molecule has 4 heteroatoms. The first-order valence-corrected chi connectivity index (χ1v) is 7.85. The van der Waals surface area contributed by atoms with Crippen LogP contribution in [0.3, 0.4) is 0 Å². The number of aliphatic hydroxyl groups is 1. The van der Waals surface area contributed by atoms with E-state index < -0.39 is 0 Å². The second-order valence-corrected chi connectivity index (χ2v) is 5.51. The Bertz CT molecular complexity index is 444. The van der Waals surface area contributed by atoms with Crippen molar-refractivity contribution in [3.05, 3.63) is 29.8 Å². The summed E-state index contributed by atoms with van der Waals surface area (Å²) in [5.41, 5.74) is 0.742. The van der Waals surface area contributed by atoms with Crippen LogP contribution >= 0.6 is 0 Å². The number of carbonyl (C=O) groups excluding carboxylic acids is 1. The van der Waals surface area contributed by atoms with E-state index in [4.69, 9.17) is 9.84 Å². The van der Waals surface area contributed by atoms with Crippen molar-refractivity contribution in [2.75, 3.05) is 26.3 Å². The number of carbonyl (C=O) groups is 1. The number of likely N-dealkylation sites (tertiary alicyclic amines) is 1. The Morgan fingerprint density at radius 3 is 2.81 bits per heavy atom. The van der Waals surface area contributed by atoms with Crippen LogP contribution in [0.5, 0.6) is 5.75 Å². The molecule has 1 atom stereocenters. The maximum Gasteiger partial charge on any atom is 0.176 e. The lowest BCUT2D eigenvalue weighted by atomic mass is 10.1. The van der Waals surface area contributed by atoms with Crippen LogP contribution < -0.4 is 4.74 Å². The third-order valence-electron chi connectivity index (χ3n) is 4.03. The number of Topliss-reactive ketones (excluding diaryl/α,β-unsaturated/α-hetero) is 1. The average Bonchev–Trinajstić information content (AvgIpc) is 2.93. The Labute approximate surface area is 126 Å². The first-order chi connectivity index (χ1) is 10.2. The summed E-state index contributed by atoms with van der Waals surface area (Å²) < 4.78 is 5.39. The largest absolute Gasteiger partial charge is 0.494 e. The van der Waals surface area contributed by atoms with Crippen LogP contribution in [0.15, 0.2) is 24.3 Å². The zero-order valence-corrected chi connectivity index (χ0v) is 12.8. The minimum atomic E-state index is 0.161. The highest BCUT2D eigenvalue weighted by Gasteiger charge is 2.25. The predicted octanol–water partition coefficient (Wildman–Crippen LogP) is 2.50. The molecule has 0 aromatic heterocycles. The van der Waals surface area contributed by atoms with E-state index in [0.717, 1.165) is 43.5 Å². The van der Waals surface area contributed by atoms with Gasteiger partial charge in [0.25, 0.3) is 0 Å². The van der Waals surface area contributed by atoms with Crippen LogP contribution in [0, 0.1) is 0 Å². The SMILES string of the molecule is CCOc1ccc(C(=O)CN2CCCC2CCCO)cc1. The number of hydrogen-bond acceptors (Lipinski definition) is 4. The van der Waals surface area contributed by atoms with Crippen LogP contribution in [-0.2, 0) is 0 Å². The standard InChI is InChI=1S/C17H25NO3/c1-2-21-16-9-7-14(8-10-16)17(20)13-18-11-3-5-15(18)6-4-12-19/h7-10,15,19H,2-6,11-13H2,1H3. The Hall–Kier alpha value is -1.39. The molecule has 1 saturated heterocycles. The zero-order valence-electron chi connectivity index (χ0n) is 12.8. The van der Waals surface area contributed by atoms with Crippen molar-refractivity contribution in [1.29, 1.82) is 0 Å². The molecule has 116 valence electrons. The molecular formula is C17H25NO3. The molecule has 2 rings (SSSR count). The van der Waals surface area contributed by atoms with Crippen LogP contribution in [0.1, 0.15) is 43.0 Å². The molecule has 0 bridgehead atoms. The molecule has 0 spiro atoms. The lowest BCUT2D eigenvalue weighted by molar-refractivity contribution is 0.0915. The molecule has 21 heavy (non-hydrogen) atoms. The quantitative estimate of drug-likeness (QED) is 0.748. The van der Waals surface area contributed by atoms with Gasteiger partial charge in [0.05, 0.1) is 13.2 Å². The summed E-state index contributed by atoms with van der Waals surface area (Å²) in [4.78, 5) is 14.6. The Balaban J connectivity index is 1.90. The molecular weight excluding hydrogens is 266 g/mol. The van der Waals surface area contributed by atoms with Crippen LogP contribution in [0.2, 0.25) is 0 Å². The molecule has 1 heterocycles. The second-order valence-electron chi connectivity index (χ2n) is 5.51. The molecule has 0 amide bonds. The van der Waals surface area contributed by atoms with Gasteiger partial charge in [-0.2, -0.15) is 0 Å². The molecule has 1 aromatic carbocycles. The molecule has 1 aliphatic rings. The lowest BCUT2D eigenvalue weighted by Crippen LogP contribution is -2.34. The number of benzene rings is 1. The van der Waals surface area contributed by atoms with Gasteiger partial charge >= 0.3 is 0 Å². The fourth-order valence-electron chi connectivity index (χ4n) is 2.94. The molecule has 0 radical (unpaired) electrons. The zero-order chi connectivity index (χ0) is 15.1. The Kier molecular flexibility index (Phi) is 6.21. The van der Waals surface area contributed by atoms with E-state index in [1.165, 1.54) is 0 Å². The van der Waals surface area contributed by atoms with Crippen LogP contribution in [0.4, 0.5) is 0 Å². The van der Waals surface area contributed by atoms with Crippen molar-refractivity contribution >= 4 is 5.78 Å². The van der Waals surface area contributed by atoms with Gasteiger partial charge in [0.1, 0.15) is 5.75 Å². The monoisotopic (exact) mass is 291 g/mol. The van der Waals surface area contributed by atoms with Crippen molar-refractivity contribution < 1.29 is 14.6 Å². The lowest BCUT2D eigenvalue weighted by Gasteiger charge is -2.23. The van der Waals surface area contributed by atoms with Crippen molar-refractivity contribution in [1.82, 2.24) is 4.90 Å². The van der Waals surface area contributed by atoms with E-state index in [0.29, 0.717) is 19.2 Å². The van der Waals surface area contributed by atoms with Crippen molar-refractivity contribution in [2.45, 2.75) is 38.6 Å². The summed E-state index contributed by atoms with van der Waals surface area (Å²) in [5, 5.41) is 8.95. The first kappa shape index (κ1) is 16.0. The topological polar surface area (TPSA) is 49.8 Å². The number of nitrogens with zero attached hydrogens (tertiary/aromatic N) is 1. The summed E-state index contributed by atoms with van der Waals surface area (Å²) in [6.45, 7) is 4.27. The van der Waals surface area contributed by atoms with Gasteiger partial charge in [0.15, 0.2) is 5.78 Å². The van der Waals surface area contributed by atoms with E-state index in [-0.39, 0.29) is 12.4 Å². The Morgan fingerprint density at radius 2 is 2.14 bits per heavy atom. The molecule has 4 nitrogen and oxygen atoms in total. The van der Waals surface area contributed by atoms with E-state index in [9.17, 15) is 4.79 Å². The first-order valence-electron chi connectivity index (χ1n) is 7.85. The fourth-order valence-corrected chi connectivity index (χ4v) is 2.94. The maximum atomic E-state index is 12.4. The van der Waals surface area contributed by atoms with Crippen LogP contribution in [0.25, 0.3) is 0 Å². The van der Waals surface area contributed by atoms with E-state index in [1.54, 1.807) is 0 Å². The van der Waals surface area contributed by atoms with Gasteiger partial charge < -0.3 is 9.84 Å². The minimum Gasteiger partial charge on any atom is -0.494 e. The summed E-state index contributed by atoms with van der Waals surface area (Å²) in [6, 6.07) is 7.83. The Morgan fingerprint density at radius 1 is 1.38 bits per heavy atom. The van der Waals surface area contributed by atoms with E-state index in [1.807, 2.05) is 31.2 Å². The molecule has 1 N–H and O–H groups in total. The third kappa shape index (κ3) is 4.55. The predicted molar refractivity (Wildman–Crippen MR) is 82.9 cm³/mol. The molecule has 1 aliphatic heterocycles. The van der Waals surface area contributed by atoms with Gasteiger partial charge in [-0.05, 0) is 63.4 Å². The third-order valence-corrected chi connectivity index (χ3v) is 4.03. The highest BCUT2D eigenvalue weighted by atomic mass is 16.5. The number of aliphatic hydroxyl groups excluding tert-OH is 1. The normalized spacial score (nSPS) is 18.9.